The minimum Gasteiger partial charge on any atom is -0.462 e. The third-order valence-electron chi connectivity index (χ3n) is 8.39. The van der Waals surface area contributed by atoms with Crippen molar-refractivity contribution in [3.63, 3.8) is 0 Å². The summed E-state index contributed by atoms with van der Waals surface area (Å²) in [6.07, 6.45) is 36.1. The first-order chi connectivity index (χ1) is 24.5. The van der Waals surface area contributed by atoms with E-state index in [-0.39, 0.29) is 32.0 Å². The molecule has 0 aliphatic heterocycles. The molecule has 0 spiro atoms. The van der Waals surface area contributed by atoms with Crippen molar-refractivity contribution in [2.45, 2.75) is 168 Å². The zero-order valence-corrected chi connectivity index (χ0v) is 34.2. The Morgan fingerprint density at radius 3 is 1.57 bits per heavy atom. The number of esters is 2. The molecule has 0 aliphatic carbocycles. The fourth-order valence-corrected chi connectivity index (χ4v) is 5.90. The van der Waals surface area contributed by atoms with Crippen molar-refractivity contribution < 1.29 is 42.1 Å². The second-order valence-electron chi connectivity index (χ2n) is 14.7. The number of likely N-dealkylation sites (N-methyl/N-ethyl adjacent to an activating group) is 1. The monoisotopic (exact) mass is 743 g/mol. The van der Waals surface area contributed by atoms with E-state index in [2.05, 4.69) is 50.3 Å². The molecule has 0 aromatic carbocycles. The Morgan fingerprint density at radius 2 is 1.06 bits per heavy atom. The number of hydrogen-bond acceptors (Lipinski definition) is 7. The molecule has 0 bridgehead atoms. The lowest BCUT2D eigenvalue weighted by Crippen LogP contribution is -2.37. The minimum absolute atomic E-state index is 0.0271. The van der Waals surface area contributed by atoms with Gasteiger partial charge in [-0.25, -0.2) is 4.57 Å². The molecule has 0 aliphatic rings. The van der Waals surface area contributed by atoms with E-state index in [1.165, 1.54) is 51.4 Å². The first kappa shape index (κ1) is 49.2. The number of phosphoric ester groups is 1. The Hall–Kier alpha value is -1.77. The van der Waals surface area contributed by atoms with E-state index in [1.807, 2.05) is 21.1 Å². The van der Waals surface area contributed by atoms with Crippen LogP contribution in [-0.2, 0) is 32.7 Å². The maximum absolute atomic E-state index is 12.6. The van der Waals surface area contributed by atoms with Gasteiger partial charge in [-0.1, -0.05) is 115 Å². The topological polar surface area (TPSA) is 108 Å². The van der Waals surface area contributed by atoms with E-state index in [9.17, 15) is 19.0 Å². The van der Waals surface area contributed by atoms with Crippen LogP contribution in [0, 0.1) is 0 Å². The molecule has 10 heteroatoms. The zero-order chi connectivity index (χ0) is 37.9. The van der Waals surface area contributed by atoms with Crippen LogP contribution in [0.5, 0.6) is 0 Å². The van der Waals surface area contributed by atoms with Gasteiger partial charge >= 0.3 is 19.8 Å². The molecule has 0 amide bonds. The van der Waals surface area contributed by atoms with Crippen LogP contribution in [0.25, 0.3) is 0 Å². The second kappa shape index (κ2) is 34.0. The zero-order valence-electron chi connectivity index (χ0n) is 33.3. The number of allylic oxidation sites excluding steroid dienone is 6. The Balaban J connectivity index is 4.46. The molecule has 0 saturated heterocycles. The normalized spacial score (nSPS) is 14.1. The van der Waals surface area contributed by atoms with Gasteiger partial charge in [-0.3, -0.25) is 18.6 Å². The van der Waals surface area contributed by atoms with Crippen LogP contribution in [0.2, 0.25) is 0 Å². The maximum Gasteiger partial charge on any atom is 0.472 e. The number of phosphoric acid groups is 1. The van der Waals surface area contributed by atoms with Gasteiger partial charge in [0.05, 0.1) is 27.7 Å². The van der Waals surface area contributed by atoms with Gasteiger partial charge in [0.25, 0.3) is 0 Å². The SMILES string of the molecule is CCCCC/C=C\C/C=C\CCCCCCCC(=O)O[C@H](COC(=O)CCCCCCC/C=C\CCCCC)COP(=O)(O)OCC[N+](C)(C)C. The summed E-state index contributed by atoms with van der Waals surface area (Å²) in [5.41, 5.74) is 0. The van der Waals surface area contributed by atoms with Crippen molar-refractivity contribution in [3.8, 4) is 0 Å². The van der Waals surface area contributed by atoms with E-state index in [0.29, 0.717) is 17.4 Å². The number of hydrogen-bond donors (Lipinski definition) is 1. The number of unbranched alkanes of at least 4 members (excludes halogenated alkanes) is 16. The summed E-state index contributed by atoms with van der Waals surface area (Å²) < 4.78 is 34.2. The highest BCUT2D eigenvalue weighted by Gasteiger charge is 2.27. The van der Waals surface area contributed by atoms with Crippen molar-refractivity contribution in [1.29, 1.82) is 0 Å². The molecule has 1 N–H and O–H groups in total. The number of ether oxygens (including phenoxy) is 2. The molecule has 298 valence electrons. The number of carbonyl (C=O) groups is 2. The Kier molecular flexibility index (Phi) is 32.8. The standard InChI is InChI=1S/C41H76NO8P/c1-6-8-10-12-14-16-18-20-21-22-24-26-28-30-32-34-41(44)50-39(38-49-51(45,46)48-36-35-42(3,4)5)37-47-40(43)33-31-29-27-25-23-19-17-15-13-11-9-7-2/h14-17,20-21,39H,6-13,18-19,22-38H2,1-5H3/p+1/b16-14-,17-15-,21-20-/t39-/m1/s1. The molecule has 0 rings (SSSR count). The summed E-state index contributed by atoms with van der Waals surface area (Å²) in [4.78, 5) is 35.2. The predicted molar refractivity (Wildman–Crippen MR) is 210 cm³/mol. The van der Waals surface area contributed by atoms with Crippen LogP contribution < -0.4 is 0 Å². The van der Waals surface area contributed by atoms with E-state index < -0.39 is 26.5 Å². The summed E-state index contributed by atoms with van der Waals surface area (Å²) >= 11 is 0. The van der Waals surface area contributed by atoms with Gasteiger partial charge in [-0.15, -0.1) is 0 Å². The molecule has 9 nitrogen and oxygen atoms in total. The number of nitrogens with zero attached hydrogens (tertiary/aromatic N) is 1. The third kappa shape index (κ3) is 37.8. The highest BCUT2D eigenvalue weighted by Crippen LogP contribution is 2.43. The highest BCUT2D eigenvalue weighted by molar-refractivity contribution is 7.47. The van der Waals surface area contributed by atoms with Crippen molar-refractivity contribution >= 4 is 19.8 Å². The molecule has 0 fully saturated rings. The quantitative estimate of drug-likeness (QED) is 0.0222. The first-order valence-electron chi connectivity index (χ1n) is 20.2. The lowest BCUT2D eigenvalue weighted by atomic mass is 10.1. The Labute approximate surface area is 312 Å². The van der Waals surface area contributed by atoms with E-state index >= 15 is 0 Å². The summed E-state index contributed by atoms with van der Waals surface area (Å²) in [6, 6.07) is 0. The highest BCUT2D eigenvalue weighted by atomic mass is 31.2. The summed E-state index contributed by atoms with van der Waals surface area (Å²) in [5, 5.41) is 0. The van der Waals surface area contributed by atoms with Crippen LogP contribution in [0.1, 0.15) is 162 Å². The molecule has 0 heterocycles. The van der Waals surface area contributed by atoms with Gasteiger partial charge < -0.3 is 18.9 Å². The van der Waals surface area contributed by atoms with E-state index in [1.54, 1.807) is 0 Å². The van der Waals surface area contributed by atoms with Gasteiger partial charge in [-0.2, -0.15) is 0 Å². The lowest BCUT2D eigenvalue weighted by Gasteiger charge is -2.24. The number of rotatable bonds is 36. The first-order valence-corrected chi connectivity index (χ1v) is 21.7. The second-order valence-corrected chi connectivity index (χ2v) is 16.1. The fourth-order valence-electron chi connectivity index (χ4n) is 5.15. The van der Waals surface area contributed by atoms with Gasteiger partial charge in [0.2, 0.25) is 0 Å². The molecule has 0 radical (unpaired) electrons. The molecule has 0 aromatic heterocycles. The van der Waals surface area contributed by atoms with Gasteiger partial charge in [0, 0.05) is 12.8 Å². The van der Waals surface area contributed by atoms with Crippen molar-refractivity contribution in [2.75, 3.05) is 47.5 Å². The fraction of sp³-hybridized carbons (Fsp3) is 0.805. The van der Waals surface area contributed by atoms with Gasteiger partial charge in [0.15, 0.2) is 6.10 Å². The van der Waals surface area contributed by atoms with E-state index in [0.717, 1.165) is 77.0 Å². The molecule has 0 aromatic rings. The van der Waals surface area contributed by atoms with Crippen LogP contribution in [-0.4, -0.2) is 74.9 Å². The smallest absolute Gasteiger partial charge is 0.462 e. The van der Waals surface area contributed by atoms with E-state index in [4.69, 9.17) is 18.5 Å². The number of quaternary nitrogens is 1. The van der Waals surface area contributed by atoms with Crippen LogP contribution >= 0.6 is 7.82 Å². The molecular formula is C41H77NO8P+. The van der Waals surface area contributed by atoms with Crippen LogP contribution in [0.15, 0.2) is 36.5 Å². The average Bonchev–Trinajstić information content (AvgIpc) is 3.07. The summed E-state index contributed by atoms with van der Waals surface area (Å²) in [7, 11) is 1.46. The minimum atomic E-state index is -4.37. The van der Waals surface area contributed by atoms with Crippen molar-refractivity contribution in [2.24, 2.45) is 0 Å². The summed E-state index contributed by atoms with van der Waals surface area (Å²) in [5.74, 6) is -0.828. The third-order valence-corrected chi connectivity index (χ3v) is 9.38. The van der Waals surface area contributed by atoms with Gasteiger partial charge in [-0.05, 0) is 70.6 Å². The predicted octanol–water partition coefficient (Wildman–Crippen LogP) is 11.0. The van der Waals surface area contributed by atoms with Crippen molar-refractivity contribution in [1.82, 2.24) is 0 Å². The van der Waals surface area contributed by atoms with Gasteiger partial charge in [0.1, 0.15) is 19.8 Å². The molecule has 0 saturated carbocycles. The van der Waals surface area contributed by atoms with Crippen LogP contribution in [0.4, 0.5) is 0 Å². The molecule has 1 unspecified atom stereocenters. The Morgan fingerprint density at radius 1 is 0.608 bits per heavy atom. The molecule has 2 atom stereocenters. The average molecular weight is 743 g/mol. The Bertz CT molecular complexity index is 975. The lowest BCUT2D eigenvalue weighted by molar-refractivity contribution is -0.870. The molecule has 51 heavy (non-hydrogen) atoms. The molecular weight excluding hydrogens is 665 g/mol. The maximum atomic E-state index is 12.6. The van der Waals surface area contributed by atoms with Crippen molar-refractivity contribution in [3.05, 3.63) is 36.5 Å². The van der Waals surface area contributed by atoms with Crippen LogP contribution in [0.3, 0.4) is 0 Å². The summed E-state index contributed by atoms with van der Waals surface area (Å²) in [6.45, 7) is 4.33. The number of carbonyl (C=O) groups excluding carboxylic acids is 2. The largest absolute Gasteiger partial charge is 0.472 e.